The van der Waals surface area contributed by atoms with Crippen LogP contribution >= 0.6 is 0 Å². The lowest BCUT2D eigenvalue weighted by atomic mass is 9.91. The molecule has 1 saturated carbocycles. The zero-order valence-corrected chi connectivity index (χ0v) is 21.7. The molecule has 1 aliphatic heterocycles. The van der Waals surface area contributed by atoms with Crippen molar-refractivity contribution in [3.8, 4) is 5.75 Å². The number of benzene rings is 3. The normalized spacial score (nSPS) is 20.8. The van der Waals surface area contributed by atoms with Crippen LogP contribution < -0.4 is 26.0 Å². The van der Waals surface area contributed by atoms with Crippen molar-refractivity contribution < 1.29 is 23.5 Å². The molecule has 4 N–H and O–H groups in total. The number of anilines is 2. The number of ether oxygens (including phenoxy) is 1. The van der Waals surface area contributed by atoms with E-state index in [1.54, 1.807) is 54.6 Å². The number of nitrogens with two attached hydrogens (primary N) is 1. The Morgan fingerprint density at radius 2 is 1.79 bits per heavy atom. The summed E-state index contributed by atoms with van der Waals surface area (Å²) in [7, 11) is 1.52. The maximum atomic E-state index is 14.0. The fourth-order valence-electron chi connectivity index (χ4n) is 5.31. The van der Waals surface area contributed by atoms with Crippen molar-refractivity contribution in [1.82, 2.24) is 5.32 Å². The van der Waals surface area contributed by atoms with Gasteiger partial charge in [-0.2, -0.15) is 0 Å². The molecule has 8 nitrogen and oxygen atoms in total. The van der Waals surface area contributed by atoms with Crippen molar-refractivity contribution in [2.45, 2.75) is 50.2 Å². The van der Waals surface area contributed by atoms with Crippen LogP contribution in [0.3, 0.4) is 0 Å². The van der Waals surface area contributed by atoms with Gasteiger partial charge in [-0.3, -0.25) is 19.3 Å². The van der Waals surface area contributed by atoms with Crippen molar-refractivity contribution >= 4 is 29.1 Å². The summed E-state index contributed by atoms with van der Waals surface area (Å²) >= 11 is 0. The van der Waals surface area contributed by atoms with Gasteiger partial charge in [-0.05, 0) is 66.9 Å². The van der Waals surface area contributed by atoms with Crippen LogP contribution in [0.15, 0.2) is 66.7 Å². The van der Waals surface area contributed by atoms with Crippen molar-refractivity contribution in [2.24, 2.45) is 5.73 Å². The van der Waals surface area contributed by atoms with Gasteiger partial charge in [0.05, 0.1) is 30.9 Å². The van der Waals surface area contributed by atoms with Crippen molar-refractivity contribution in [2.75, 3.05) is 17.3 Å². The largest absolute Gasteiger partial charge is 0.497 e. The monoisotopic (exact) mass is 530 g/mol. The Morgan fingerprint density at radius 3 is 2.54 bits per heavy atom. The first-order valence-electron chi connectivity index (χ1n) is 13.1. The van der Waals surface area contributed by atoms with E-state index < -0.39 is 11.9 Å². The summed E-state index contributed by atoms with van der Waals surface area (Å²) in [6.45, 7) is 0. The lowest BCUT2D eigenvalue weighted by molar-refractivity contribution is -0.116. The number of carbonyl (C=O) groups excluding carboxylic acids is 3. The molecule has 3 atom stereocenters. The molecule has 202 valence electrons. The lowest BCUT2D eigenvalue weighted by Gasteiger charge is -2.31. The summed E-state index contributed by atoms with van der Waals surface area (Å²) < 4.78 is 19.1. The van der Waals surface area contributed by atoms with E-state index >= 15 is 0 Å². The van der Waals surface area contributed by atoms with Crippen LogP contribution in [0.5, 0.6) is 5.75 Å². The van der Waals surface area contributed by atoms with Crippen LogP contribution in [0.25, 0.3) is 0 Å². The second-order valence-electron chi connectivity index (χ2n) is 9.99. The highest BCUT2D eigenvalue weighted by Gasteiger charge is 2.35. The summed E-state index contributed by atoms with van der Waals surface area (Å²) in [6.07, 6.45) is 3.67. The average molecular weight is 531 g/mol. The number of hydrogen-bond donors (Lipinski definition) is 3. The van der Waals surface area contributed by atoms with Crippen molar-refractivity contribution in [1.29, 1.82) is 0 Å². The van der Waals surface area contributed by atoms with Gasteiger partial charge >= 0.3 is 0 Å². The number of nitrogens with zero attached hydrogens (tertiary/aromatic N) is 1. The molecule has 3 amide bonds. The topological polar surface area (TPSA) is 114 Å². The van der Waals surface area contributed by atoms with Crippen LogP contribution in [0, 0.1) is 5.82 Å². The highest BCUT2D eigenvalue weighted by atomic mass is 19.1. The van der Waals surface area contributed by atoms with Gasteiger partial charge in [-0.15, -0.1) is 0 Å². The SMILES string of the molecule is COc1cccc(C(=O)N2c3ccc(C(=O)NC4CCCCC4N)cc3NC(=O)CC2c2ccc(F)cc2)c1. The fourth-order valence-corrected chi connectivity index (χ4v) is 5.31. The van der Waals surface area contributed by atoms with Gasteiger partial charge in [-0.25, -0.2) is 4.39 Å². The van der Waals surface area contributed by atoms with Crippen LogP contribution in [0.2, 0.25) is 0 Å². The first-order chi connectivity index (χ1) is 18.8. The second-order valence-corrected chi connectivity index (χ2v) is 9.99. The van der Waals surface area contributed by atoms with Gasteiger partial charge in [0.2, 0.25) is 5.91 Å². The van der Waals surface area contributed by atoms with E-state index in [9.17, 15) is 18.8 Å². The maximum absolute atomic E-state index is 14.0. The highest BCUT2D eigenvalue weighted by molar-refractivity contribution is 6.12. The Kier molecular flexibility index (Phi) is 7.60. The third-order valence-electron chi connectivity index (χ3n) is 7.41. The lowest BCUT2D eigenvalue weighted by Crippen LogP contribution is -2.49. The van der Waals surface area contributed by atoms with E-state index in [4.69, 9.17) is 10.5 Å². The quantitative estimate of drug-likeness (QED) is 0.447. The van der Waals surface area contributed by atoms with Gasteiger partial charge in [0.1, 0.15) is 11.6 Å². The Labute approximate surface area is 226 Å². The number of hydrogen-bond acceptors (Lipinski definition) is 5. The van der Waals surface area contributed by atoms with Gasteiger partial charge < -0.3 is 21.1 Å². The minimum Gasteiger partial charge on any atom is -0.497 e. The van der Waals surface area contributed by atoms with E-state index in [1.807, 2.05) is 0 Å². The first kappa shape index (κ1) is 26.4. The van der Waals surface area contributed by atoms with Gasteiger partial charge in [0.25, 0.3) is 11.8 Å². The number of amides is 3. The van der Waals surface area contributed by atoms with E-state index in [0.717, 1.165) is 25.7 Å². The summed E-state index contributed by atoms with van der Waals surface area (Å²) in [5, 5.41) is 5.89. The third-order valence-corrected chi connectivity index (χ3v) is 7.41. The third kappa shape index (κ3) is 5.63. The number of carbonyl (C=O) groups is 3. The highest BCUT2D eigenvalue weighted by Crippen LogP contribution is 2.40. The van der Waals surface area contributed by atoms with E-state index in [-0.39, 0.29) is 36.2 Å². The number of fused-ring (bicyclic) bond motifs is 1. The summed E-state index contributed by atoms with van der Waals surface area (Å²) in [5.41, 5.74) is 8.28. The fraction of sp³-hybridized carbons (Fsp3) is 0.300. The molecule has 0 aromatic heterocycles. The molecule has 1 heterocycles. The standard InChI is InChI=1S/C30H31FN4O4/c1-39-22-6-4-5-20(15-22)30(38)35-26-14-11-19(29(37)34-24-8-3-2-7-23(24)32)16-25(26)33-28(36)17-27(35)18-9-12-21(31)13-10-18/h4-6,9-16,23-24,27H,2-3,7-8,17,32H2,1H3,(H,33,36)(H,34,37). The molecule has 1 fully saturated rings. The predicted octanol–water partition coefficient (Wildman–Crippen LogP) is 4.56. The molecule has 3 aromatic rings. The molecule has 2 aliphatic rings. The molecule has 0 spiro atoms. The number of methoxy groups -OCH3 is 1. The van der Waals surface area contributed by atoms with E-state index in [2.05, 4.69) is 10.6 Å². The first-order valence-corrected chi connectivity index (χ1v) is 13.1. The molecule has 0 bridgehead atoms. The molecule has 1 aliphatic carbocycles. The van der Waals surface area contributed by atoms with E-state index in [1.165, 1.54) is 24.1 Å². The molecular formula is C30H31FN4O4. The summed E-state index contributed by atoms with van der Waals surface area (Å²) in [6, 6.07) is 16.4. The van der Waals surface area contributed by atoms with Crippen LogP contribution in [0.4, 0.5) is 15.8 Å². The van der Waals surface area contributed by atoms with Gasteiger partial charge in [0, 0.05) is 23.2 Å². The molecular weight excluding hydrogens is 499 g/mol. The molecule has 9 heteroatoms. The Bertz CT molecular complexity index is 1390. The molecule has 39 heavy (non-hydrogen) atoms. The molecule has 5 rings (SSSR count). The minimum atomic E-state index is -0.717. The molecule has 0 saturated heterocycles. The molecule has 3 unspecified atom stereocenters. The predicted molar refractivity (Wildman–Crippen MR) is 146 cm³/mol. The average Bonchev–Trinajstić information content (AvgIpc) is 3.09. The number of halogens is 1. The number of rotatable bonds is 5. The second kappa shape index (κ2) is 11.2. The zero-order valence-electron chi connectivity index (χ0n) is 21.7. The Hall–Kier alpha value is -4.24. The van der Waals surface area contributed by atoms with Gasteiger partial charge in [-0.1, -0.05) is 31.0 Å². The minimum absolute atomic E-state index is 0.0610. The van der Waals surface area contributed by atoms with Crippen molar-refractivity contribution in [3.63, 3.8) is 0 Å². The maximum Gasteiger partial charge on any atom is 0.259 e. The Balaban J connectivity index is 1.55. The molecule has 0 radical (unpaired) electrons. The van der Waals surface area contributed by atoms with Crippen LogP contribution in [-0.4, -0.2) is 36.9 Å². The molecule has 3 aromatic carbocycles. The van der Waals surface area contributed by atoms with E-state index in [0.29, 0.717) is 33.8 Å². The zero-order chi connectivity index (χ0) is 27.5. The van der Waals surface area contributed by atoms with Crippen molar-refractivity contribution in [3.05, 3.63) is 89.2 Å². The Morgan fingerprint density at radius 1 is 1.03 bits per heavy atom. The smallest absolute Gasteiger partial charge is 0.259 e. The van der Waals surface area contributed by atoms with Crippen LogP contribution in [0.1, 0.15) is 64.4 Å². The number of nitrogens with one attached hydrogen (secondary N) is 2. The van der Waals surface area contributed by atoms with Gasteiger partial charge in [0.15, 0.2) is 0 Å². The summed E-state index contributed by atoms with van der Waals surface area (Å²) in [4.78, 5) is 41.8. The summed E-state index contributed by atoms with van der Waals surface area (Å²) in [5.74, 6) is -0.906. The van der Waals surface area contributed by atoms with Crippen LogP contribution in [-0.2, 0) is 4.79 Å².